The third-order valence-electron chi connectivity index (χ3n) is 5.72. The van der Waals surface area contributed by atoms with Crippen molar-refractivity contribution < 1.29 is 23.8 Å². The molecule has 7 nitrogen and oxygen atoms in total. The van der Waals surface area contributed by atoms with E-state index in [2.05, 4.69) is 19.2 Å². The lowest BCUT2D eigenvalue weighted by atomic mass is 9.96. The summed E-state index contributed by atoms with van der Waals surface area (Å²) in [6.07, 6.45) is 3.15. The highest BCUT2D eigenvalue weighted by Gasteiger charge is 2.29. The second kappa shape index (κ2) is 9.73. The van der Waals surface area contributed by atoms with E-state index in [9.17, 15) is 9.59 Å². The van der Waals surface area contributed by atoms with Crippen molar-refractivity contribution in [2.75, 3.05) is 26.6 Å². The Balaban J connectivity index is 1.82. The molecule has 1 N–H and O–H groups in total. The number of nitrogens with zero attached hydrogens (tertiary/aromatic N) is 1. The molecule has 166 valence electrons. The van der Waals surface area contributed by atoms with E-state index >= 15 is 0 Å². The number of nitrogens with one attached hydrogen (secondary N) is 1. The molecule has 0 bridgehead atoms. The summed E-state index contributed by atoms with van der Waals surface area (Å²) in [6.45, 7) is 4.17. The van der Waals surface area contributed by atoms with Gasteiger partial charge in [-0.1, -0.05) is 6.07 Å². The van der Waals surface area contributed by atoms with E-state index in [1.807, 2.05) is 4.90 Å². The van der Waals surface area contributed by atoms with Crippen LogP contribution in [0.15, 0.2) is 36.4 Å². The molecule has 1 heterocycles. The maximum Gasteiger partial charge on any atom is 0.255 e. The number of carbonyl (C=O) groups is 2. The number of likely N-dealkylation sites (tertiary alicyclic amines) is 1. The Bertz CT molecular complexity index is 924. The number of benzene rings is 2. The number of hydrogen-bond donors (Lipinski definition) is 1. The molecule has 0 radical (unpaired) electrons. The number of amides is 2. The van der Waals surface area contributed by atoms with Gasteiger partial charge in [-0.2, -0.15) is 0 Å². The Morgan fingerprint density at radius 3 is 2.06 bits per heavy atom. The average molecular weight is 427 g/mol. The van der Waals surface area contributed by atoms with Gasteiger partial charge in [-0.25, -0.2) is 0 Å². The zero-order valence-electron chi connectivity index (χ0n) is 18.7. The van der Waals surface area contributed by atoms with Crippen molar-refractivity contribution in [2.24, 2.45) is 0 Å². The Morgan fingerprint density at radius 2 is 1.52 bits per heavy atom. The van der Waals surface area contributed by atoms with E-state index in [0.29, 0.717) is 34.1 Å². The first kappa shape index (κ1) is 22.5. The fourth-order valence-electron chi connectivity index (χ4n) is 4.12. The Hall–Kier alpha value is -3.22. The van der Waals surface area contributed by atoms with Crippen LogP contribution in [0.1, 0.15) is 53.8 Å². The van der Waals surface area contributed by atoms with E-state index in [1.54, 1.807) is 36.4 Å². The normalized spacial score (nSPS) is 18.3. The van der Waals surface area contributed by atoms with Gasteiger partial charge < -0.3 is 24.4 Å². The smallest absolute Gasteiger partial charge is 0.255 e. The van der Waals surface area contributed by atoms with Crippen LogP contribution in [0, 0.1) is 0 Å². The number of hydrogen-bond acceptors (Lipinski definition) is 5. The predicted molar refractivity (Wildman–Crippen MR) is 119 cm³/mol. The average Bonchev–Trinajstić information content (AvgIpc) is 2.77. The first-order valence-corrected chi connectivity index (χ1v) is 10.4. The third kappa shape index (κ3) is 4.76. The minimum absolute atomic E-state index is 0.0106. The molecule has 31 heavy (non-hydrogen) atoms. The number of methoxy groups -OCH3 is 3. The first-order valence-electron chi connectivity index (χ1n) is 10.4. The third-order valence-corrected chi connectivity index (χ3v) is 5.72. The largest absolute Gasteiger partial charge is 0.493 e. The van der Waals surface area contributed by atoms with Crippen LogP contribution in [-0.2, 0) is 0 Å². The lowest BCUT2D eigenvalue weighted by molar-refractivity contribution is 0.0510. The molecule has 2 aromatic carbocycles. The number of piperidine rings is 1. The molecule has 2 aromatic rings. The highest BCUT2D eigenvalue weighted by molar-refractivity contribution is 6.06. The maximum atomic E-state index is 13.1. The second-order valence-corrected chi connectivity index (χ2v) is 7.79. The van der Waals surface area contributed by atoms with Crippen molar-refractivity contribution in [3.05, 3.63) is 47.5 Å². The Kier molecular flexibility index (Phi) is 7.05. The van der Waals surface area contributed by atoms with Gasteiger partial charge in [0, 0.05) is 28.9 Å². The summed E-state index contributed by atoms with van der Waals surface area (Å²) >= 11 is 0. The molecular weight excluding hydrogens is 396 g/mol. The van der Waals surface area contributed by atoms with Gasteiger partial charge in [-0.05, 0) is 63.4 Å². The van der Waals surface area contributed by atoms with Crippen LogP contribution in [-0.4, -0.2) is 50.1 Å². The molecule has 0 aromatic heterocycles. The standard InChI is InChI=1S/C24H30N2O5/c1-15-8-6-9-16(2)26(15)24(28)17-10-7-11-19(12-17)25-23(27)18-13-20(29-3)22(31-5)21(14-18)30-4/h7,10-16H,6,8-9H2,1-5H3,(H,25,27)/t15-,16+. The SMILES string of the molecule is COc1cc(C(=O)Nc2cccc(C(=O)N3[C@H](C)CCC[C@@H]3C)c2)cc(OC)c1OC. The Labute approximate surface area is 183 Å². The maximum absolute atomic E-state index is 13.1. The van der Waals surface area contributed by atoms with Crippen molar-refractivity contribution in [1.82, 2.24) is 4.90 Å². The van der Waals surface area contributed by atoms with Gasteiger partial charge in [0.05, 0.1) is 21.3 Å². The summed E-state index contributed by atoms with van der Waals surface area (Å²) in [4.78, 5) is 28.0. The quantitative estimate of drug-likeness (QED) is 0.742. The second-order valence-electron chi connectivity index (χ2n) is 7.79. The highest BCUT2D eigenvalue weighted by atomic mass is 16.5. The zero-order chi connectivity index (χ0) is 22.5. The van der Waals surface area contributed by atoms with Crippen molar-refractivity contribution in [1.29, 1.82) is 0 Å². The predicted octanol–water partition coefficient (Wildman–Crippen LogP) is 4.37. The highest BCUT2D eigenvalue weighted by Crippen LogP contribution is 2.38. The molecule has 2 amide bonds. The van der Waals surface area contributed by atoms with E-state index in [0.717, 1.165) is 19.3 Å². The summed E-state index contributed by atoms with van der Waals surface area (Å²) in [5.74, 6) is 0.846. The van der Waals surface area contributed by atoms with Crippen molar-refractivity contribution >= 4 is 17.5 Å². The number of ether oxygens (including phenoxy) is 3. The van der Waals surface area contributed by atoms with Gasteiger partial charge in [-0.15, -0.1) is 0 Å². The zero-order valence-corrected chi connectivity index (χ0v) is 18.7. The molecule has 3 rings (SSSR count). The monoisotopic (exact) mass is 426 g/mol. The molecular formula is C24H30N2O5. The topological polar surface area (TPSA) is 77.1 Å². The van der Waals surface area contributed by atoms with Crippen LogP contribution < -0.4 is 19.5 Å². The molecule has 0 unspecified atom stereocenters. The lowest BCUT2D eigenvalue weighted by Gasteiger charge is -2.39. The minimum Gasteiger partial charge on any atom is -0.493 e. The van der Waals surface area contributed by atoms with Gasteiger partial charge in [-0.3, -0.25) is 9.59 Å². The van der Waals surface area contributed by atoms with E-state index in [1.165, 1.54) is 21.3 Å². The summed E-state index contributed by atoms with van der Waals surface area (Å²) in [5.41, 5.74) is 1.45. The van der Waals surface area contributed by atoms with E-state index in [-0.39, 0.29) is 23.9 Å². The molecule has 2 atom stereocenters. The lowest BCUT2D eigenvalue weighted by Crippen LogP contribution is -2.47. The number of anilines is 1. The first-order chi connectivity index (χ1) is 14.9. The molecule has 1 saturated heterocycles. The molecule has 7 heteroatoms. The number of carbonyl (C=O) groups excluding carboxylic acids is 2. The minimum atomic E-state index is -0.344. The molecule has 0 saturated carbocycles. The van der Waals surface area contributed by atoms with Gasteiger partial charge >= 0.3 is 0 Å². The Morgan fingerprint density at radius 1 is 0.903 bits per heavy atom. The van der Waals surface area contributed by atoms with Crippen molar-refractivity contribution in [2.45, 2.75) is 45.2 Å². The van der Waals surface area contributed by atoms with Gasteiger partial charge in [0.15, 0.2) is 11.5 Å². The summed E-state index contributed by atoms with van der Waals surface area (Å²) in [5, 5.41) is 2.86. The van der Waals surface area contributed by atoms with Crippen LogP contribution in [0.2, 0.25) is 0 Å². The van der Waals surface area contributed by atoms with Crippen LogP contribution in [0.4, 0.5) is 5.69 Å². The fraction of sp³-hybridized carbons (Fsp3) is 0.417. The fourth-order valence-corrected chi connectivity index (χ4v) is 4.12. The van der Waals surface area contributed by atoms with Crippen LogP contribution in [0.5, 0.6) is 17.2 Å². The molecule has 1 fully saturated rings. The van der Waals surface area contributed by atoms with Gasteiger partial charge in [0.25, 0.3) is 11.8 Å². The van der Waals surface area contributed by atoms with Crippen molar-refractivity contribution in [3.8, 4) is 17.2 Å². The van der Waals surface area contributed by atoms with Gasteiger partial charge in [0.1, 0.15) is 0 Å². The van der Waals surface area contributed by atoms with Crippen LogP contribution in [0.3, 0.4) is 0 Å². The van der Waals surface area contributed by atoms with E-state index in [4.69, 9.17) is 14.2 Å². The van der Waals surface area contributed by atoms with Crippen LogP contribution in [0.25, 0.3) is 0 Å². The molecule has 1 aliphatic rings. The molecule has 1 aliphatic heterocycles. The van der Waals surface area contributed by atoms with E-state index < -0.39 is 0 Å². The summed E-state index contributed by atoms with van der Waals surface area (Å²) < 4.78 is 15.9. The van der Waals surface area contributed by atoms with Crippen LogP contribution >= 0.6 is 0 Å². The molecule has 0 aliphatic carbocycles. The number of rotatable bonds is 6. The summed E-state index contributed by atoms with van der Waals surface area (Å²) in [7, 11) is 4.50. The molecule has 0 spiro atoms. The van der Waals surface area contributed by atoms with Crippen molar-refractivity contribution in [3.63, 3.8) is 0 Å². The summed E-state index contributed by atoms with van der Waals surface area (Å²) in [6, 6.07) is 10.6. The van der Waals surface area contributed by atoms with Gasteiger partial charge in [0.2, 0.25) is 5.75 Å².